The summed E-state index contributed by atoms with van der Waals surface area (Å²) in [6, 6.07) is 10.1. The van der Waals surface area contributed by atoms with E-state index in [1.165, 1.54) is 0 Å². The minimum absolute atomic E-state index is 0.933. The molecule has 2 heterocycles. The van der Waals surface area contributed by atoms with Crippen LogP contribution in [-0.4, -0.2) is 4.98 Å². The predicted octanol–water partition coefficient (Wildman–Crippen LogP) is 3.29. The SMILES string of the molecule is Cc1cc2cc3ncccc3cc2o1. The van der Waals surface area contributed by atoms with E-state index in [1.54, 1.807) is 6.20 Å². The van der Waals surface area contributed by atoms with Gasteiger partial charge in [-0.3, -0.25) is 4.98 Å². The van der Waals surface area contributed by atoms with E-state index in [-0.39, 0.29) is 0 Å². The van der Waals surface area contributed by atoms with Gasteiger partial charge in [-0.15, -0.1) is 0 Å². The van der Waals surface area contributed by atoms with Gasteiger partial charge in [-0.05, 0) is 31.2 Å². The van der Waals surface area contributed by atoms with E-state index < -0.39 is 0 Å². The Morgan fingerprint density at radius 3 is 3.00 bits per heavy atom. The normalized spacial score (nSPS) is 11.2. The van der Waals surface area contributed by atoms with Crippen LogP contribution in [0, 0.1) is 6.92 Å². The highest BCUT2D eigenvalue weighted by molar-refractivity contribution is 5.93. The van der Waals surface area contributed by atoms with Crippen molar-refractivity contribution in [3.8, 4) is 0 Å². The van der Waals surface area contributed by atoms with Crippen molar-refractivity contribution in [2.24, 2.45) is 0 Å². The summed E-state index contributed by atoms with van der Waals surface area (Å²) in [5.41, 5.74) is 1.95. The maximum atomic E-state index is 5.55. The lowest BCUT2D eigenvalue weighted by Crippen LogP contribution is -1.75. The van der Waals surface area contributed by atoms with E-state index in [4.69, 9.17) is 4.42 Å². The molecule has 0 aliphatic heterocycles. The zero-order valence-electron chi connectivity index (χ0n) is 7.82. The maximum Gasteiger partial charge on any atom is 0.135 e. The van der Waals surface area contributed by atoms with Gasteiger partial charge in [0.2, 0.25) is 0 Å². The fourth-order valence-corrected chi connectivity index (χ4v) is 1.74. The molecule has 2 aromatic heterocycles. The largest absolute Gasteiger partial charge is 0.461 e. The Kier molecular flexibility index (Phi) is 1.39. The van der Waals surface area contributed by atoms with Crippen molar-refractivity contribution in [1.82, 2.24) is 4.98 Å². The monoisotopic (exact) mass is 183 g/mol. The van der Waals surface area contributed by atoms with Crippen molar-refractivity contribution in [3.63, 3.8) is 0 Å². The Balaban J connectivity index is 2.51. The summed E-state index contributed by atoms with van der Waals surface area (Å²) in [7, 11) is 0. The van der Waals surface area contributed by atoms with Crippen LogP contribution in [0.15, 0.2) is 40.9 Å². The van der Waals surface area contributed by atoms with E-state index >= 15 is 0 Å². The van der Waals surface area contributed by atoms with Crippen LogP contribution in [0.5, 0.6) is 0 Å². The first kappa shape index (κ1) is 7.56. The molecule has 0 aliphatic rings. The third-order valence-corrected chi connectivity index (χ3v) is 2.36. The molecule has 14 heavy (non-hydrogen) atoms. The first-order valence-electron chi connectivity index (χ1n) is 4.58. The number of aromatic nitrogens is 1. The molecule has 0 radical (unpaired) electrons. The summed E-state index contributed by atoms with van der Waals surface area (Å²) >= 11 is 0. The molecule has 2 heteroatoms. The lowest BCUT2D eigenvalue weighted by Gasteiger charge is -1.94. The molecular weight excluding hydrogens is 174 g/mol. The molecule has 0 amide bonds. The summed E-state index contributed by atoms with van der Waals surface area (Å²) in [5.74, 6) is 0.940. The molecule has 0 unspecified atom stereocenters. The van der Waals surface area contributed by atoms with E-state index in [2.05, 4.69) is 11.1 Å². The zero-order valence-corrected chi connectivity index (χ0v) is 7.82. The molecule has 0 aliphatic carbocycles. The van der Waals surface area contributed by atoms with Crippen molar-refractivity contribution in [2.45, 2.75) is 6.92 Å². The van der Waals surface area contributed by atoms with Gasteiger partial charge in [0.25, 0.3) is 0 Å². The van der Waals surface area contributed by atoms with Crippen LogP contribution in [0.25, 0.3) is 21.9 Å². The number of furan rings is 1. The number of hydrogen-bond donors (Lipinski definition) is 0. The van der Waals surface area contributed by atoms with Gasteiger partial charge < -0.3 is 4.42 Å². The number of fused-ring (bicyclic) bond motifs is 2. The van der Waals surface area contributed by atoms with Crippen molar-refractivity contribution >= 4 is 21.9 Å². The summed E-state index contributed by atoms with van der Waals surface area (Å²) in [6.45, 7) is 1.96. The average Bonchev–Trinajstić information content (AvgIpc) is 2.53. The summed E-state index contributed by atoms with van der Waals surface area (Å²) in [5, 5.41) is 2.24. The van der Waals surface area contributed by atoms with Crippen molar-refractivity contribution < 1.29 is 4.42 Å². The number of benzene rings is 1. The predicted molar refractivity (Wildman–Crippen MR) is 56.3 cm³/mol. The molecule has 0 atom stereocenters. The second kappa shape index (κ2) is 2.58. The highest BCUT2D eigenvalue weighted by atomic mass is 16.3. The van der Waals surface area contributed by atoms with Gasteiger partial charge in [0.1, 0.15) is 11.3 Å². The third-order valence-electron chi connectivity index (χ3n) is 2.36. The van der Waals surface area contributed by atoms with E-state index in [0.29, 0.717) is 0 Å². The fraction of sp³-hybridized carbons (Fsp3) is 0.0833. The summed E-state index contributed by atoms with van der Waals surface area (Å²) < 4.78 is 5.55. The molecule has 0 bridgehead atoms. The molecular formula is C12H9NO. The first-order valence-corrected chi connectivity index (χ1v) is 4.58. The van der Waals surface area contributed by atoms with Crippen LogP contribution in [0.1, 0.15) is 5.76 Å². The zero-order chi connectivity index (χ0) is 9.54. The molecule has 3 aromatic rings. The lowest BCUT2D eigenvalue weighted by molar-refractivity contribution is 0.579. The van der Waals surface area contributed by atoms with Crippen LogP contribution in [0.4, 0.5) is 0 Å². The summed E-state index contributed by atoms with van der Waals surface area (Å²) in [6.07, 6.45) is 1.81. The lowest BCUT2D eigenvalue weighted by atomic mass is 10.1. The van der Waals surface area contributed by atoms with Crippen molar-refractivity contribution in [2.75, 3.05) is 0 Å². The Labute approximate surface area is 81.2 Å². The van der Waals surface area contributed by atoms with Gasteiger partial charge in [-0.1, -0.05) is 6.07 Å². The topological polar surface area (TPSA) is 26.0 Å². The van der Waals surface area contributed by atoms with Gasteiger partial charge in [-0.2, -0.15) is 0 Å². The van der Waals surface area contributed by atoms with Crippen LogP contribution >= 0.6 is 0 Å². The molecule has 0 spiro atoms. The summed E-state index contributed by atoms with van der Waals surface area (Å²) in [4.78, 5) is 4.30. The number of pyridine rings is 1. The Morgan fingerprint density at radius 1 is 1.14 bits per heavy atom. The molecule has 0 saturated heterocycles. The van der Waals surface area contributed by atoms with Crippen LogP contribution in [-0.2, 0) is 0 Å². The van der Waals surface area contributed by atoms with E-state index in [1.807, 2.05) is 31.2 Å². The van der Waals surface area contributed by atoms with Gasteiger partial charge in [0.05, 0.1) is 5.52 Å². The van der Waals surface area contributed by atoms with Gasteiger partial charge in [0, 0.05) is 17.0 Å². The smallest absolute Gasteiger partial charge is 0.135 e. The van der Waals surface area contributed by atoms with Crippen LogP contribution in [0.3, 0.4) is 0 Å². The minimum atomic E-state index is 0.933. The number of rotatable bonds is 0. The number of nitrogens with zero attached hydrogens (tertiary/aromatic N) is 1. The quantitative estimate of drug-likeness (QED) is 0.534. The molecule has 3 rings (SSSR count). The third kappa shape index (κ3) is 1.01. The standard InChI is InChI=1S/C12H9NO/c1-8-5-10-6-11-9(3-2-4-13-11)7-12(10)14-8/h2-7H,1H3. The number of hydrogen-bond acceptors (Lipinski definition) is 2. The van der Waals surface area contributed by atoms with Gasteiger partial charge in [-0.25, -0.2) is 0 Å². The second-order valence-electron chi connectivity index (χ2n) is 3.44. The Hall–Kier alpha value is -1.83. The molecule has 0 saturated carbocycles. The Bertz CT molecular complexity index is 557. The van der Waals surface area contributed by atoms with Gasteiger partial charge >= 0.3 is 0 Å². The average molecular weight is 183 g/mol. The maximum absolute atomic E-state index is 5.55. The second-order valence-corrected chi connectivity index (χ2v) is 3.44. The Morgan fingerprint density at radius 2 is 2.07 bits per heavy atom. The van der Waals surface area contributed by atoms with E-state index in [9.17, 15) is 0 Å². The van der Waals surface area contributed by atoms with E-state index in [0.717, 1.165) is 27.6 Å². The van der Waals surface area contributed by atoms with Crippen LogP contribution in [0.2, 0.25) is 0 Å². The molecule has 0 fully saturated rings. The van der Waals surface area contributed by atoms with Crippen molar-refractivity contribution in [3.05, 3.63) is 42.3 Å². The molecule has 68 valence electrons. The van der Waals surface area contributed by atoms with Gasteiger partial charge in [0.15, 0.2) is 0 Å². The number of aryl methyl sites for hydroxylation is 1. The highest BCUT2D eigenvalue weighted by Gasteiger charge is 2.02. The first-order chi connectivity index (χ1) is 6.83. The fourth-order valence-electron chi connectivity index (χ4n) is 1.74. The molecule has 0 N–H and O–H groups in total. The van der Waals surface area contributed by atoms with Crippen molar-refractivity contribution in [1.29, 1.82) is 0 Å². The highest BCUT2D eigenvalue weighted by Crippen LogP contribution is 2.23. The molecule has 2 nitrogen and oxygen atoms in total. The van der Waals surface area contributed by atoms with Crippen LogP contribution < -0.4 is 0 Å². The minimum Gasteiger partial charge on any atom is -0.461 e. The molecule has 1 aromatic carbocycles.